The molecular formula is C16H15ClN4OS. The fourth-order valence-electron chi connectivity index (χ4n) is 2.03. The van der Waals surface area contributed by atoms with Gasteiger partial charge in [0.05, 0.1) is 6.54 Å². The van der Waals surface area contributed by atoms with E-state index in [-0.39, 0.29) is 0 Å². The van der Waals surface area contributed by atoms with Crippen molar-refractivity contribution in [2.75, 3.05) is 5.43 Å². The van der Waals surface area contributed by atoms with E-state index < -0.39 is 0 Å². The van der Waals surface area contributed by atoms with Gasteiger partial charge >= 0.3 is 0 Å². The molecule has 2 N–H and O–H groups in total. The van der Waals surface area contributed by atoms with Crippen molar-refractivity contribution in [1.82, 2.24) is 14.9 Å². The number of halogens is 1. The standard InChI is InChI=1S/C16H15ClN4OS/c17-14-6-4-12(5-7-14)10-22-15-3-1-2-13(8-15)9-19-21-11-18-20-16(21)23/h1-8,11,19H,9-10H2,(H,20,23). The number of hydrogen-bond acceptors (Lipinski definition) is 4. The lowest BCUT2D eigenvalue weighted by atomic mass is 10.2. The maximum Gasteiger partial charge on any atom is 0.214 e. The second-order valence-electron chi connectivity index (χ2n) is 4.93. The summed E-state index contributed by atoms with van der Waals surface area (Å²) in [6.45, 7) is 1.12. The average molecular weight is 347 g/mol. The van der Waals surface area contributed by atoms with Crippen LogP contribution in [0.1, 0.15) is 11.1 Å². The van der Waals surface area contributed by atoms with Crippen LogP contribution < -0.4 is 10.2 Å². The molecule has 118 valence electrons. The Morgan fingerprint density at radius 2 is 2.00 bits per heavy atom. The molecule has 0 saturated heterocycles. The lowest BCUT2D eigenvalue weighted by Crippen LogP contribution is -2.13. The van der Waals surface area contributed by atoms with Gasteiger partial charge in [-0.05, 0) is 47.6 Å². The lowest BCUT2D eigenvalue weighted by molar-refractivity contribution is 0.306. The summed E-state index contributed by atoms with van der Waals surface area (Å²) in [6.07, 6.45) is 1.60. The van der Waals surface area contributed by atoms with Gasteiger partial charge in [-0.25, -0.2) is 4.68 Å². The molecule has 1 aromatic heterocycles. The summed E-state index contributed by atoms with van der Waals surface area (Å²) in [6, 6.07) is 15.5. The molecule has 0 aliphatic heterocycles. The Balaban J connectivity index is 1.59. The van der Waals surface area contributed by atoms with Crippen molar-refractivity contribution in [3.63, 3.8) is 0 Å². The van der Waals surface area contributed by atoms with E-state index in [0.29, 0.717) is 17.9 Å². The highest BCUT2D eigenvalue weighted by Crippen LogP contribution is 2.16. The zero-order valence-electron chi connectivity index (χ0n) is 12.2. The van der Waals surface area contributed by atoms with Gasteiger partial charge in [0, 0.05) is 5.02 Å². The Bertz CT molecular complexity index is 828. The predicted octanol–water partition coefficient (Wildman–Crippen LogP) is 3.92. The molecule has 1 heterocycles. The van der Waals surface area contributed by atoms with Crippen molar-refractivity contribution in [2.24, 2.45) is 0 Å². The molecule has 3 aromatic rings. The fourth-order valence-corrected chi connectivity index (χ4v) is 2.32. The van der Waals surface area contributed by atoms with Gasteiger partial charge < -0.3 is 10.2 Å². The molecule has 0 aliphatic carbocycles. The second-order valence-corrected chi connectivity index (χ2v) is 5.75. The van der Waals surface area contributed by atoms with E-state index in [1.807, 2.05) is 48.5 Å². The van der Waals surface area contributed by atoms with Gasteiger partial charge in [0.2, 0.25) is 4.77 Å². The SMILES string of the molecule is S=c1[nH]ncn1NCc1cccc(OCc2ccc(Cl)cc2)c1. The van der Waals surface area contributed by atoms with Crippen LogP contribution in [0.4, 0.5) is 0 Å². The van der Waals surface area contributed by atoms with Crippen molar-refractivity contribution >= 4 is 23.8 Å². The van der Waals surface area contributed by atoms with Gasteiger partial charge in [-0.1, -0.05) is 35.9 Å². The largest absolute Gasteiger partial charge is 0.489 e. The quantitative estimate of drug-likeness (QED) is 0.664. The van der Waals surface area contributed by atoms with Crippen LogP contribution in [0, 0.1) is 4.77 Å². The van der Waals surface area contributed by atoms with Crippen LogP contribution in [0.25, 0.3) is 0 Å². The van der Waals surface area contributed by atoms with Crippen LogP contribution in [-0.2, 0) is 13.2 Å². The van der Waals surface area contributed by atoms with E-state index in [4.69, 9.17) is 28.6 Å². The second kappa shape index (κ2) is 7.30. The summed E-state index contributed by atoms with van der Waals surface area (Å²) in [4.78, 5) is 0. The first-order chi connectivity index (χ1) is 11.2. The number of hydrogen-bond donors (Lipinski definition) is 2. The van der Waals surface area contributed by atoms with Crippen LogP contribution in [0.2, 0.25) is 5.02 Å². The van der Waals surface area contributed by atoms with E-state index in [1.54, 1.807) is 11.0 Å². The molecule has 2 aromatic carbocycles. The maximum atomic E-state index is 5.87. The fraction of sp³-hybridized carbons (Fsp3) is 0.125. The zero-order valence-corrected chi connectivity index (χ0v) is 13.8. The van der Waals surface area contributed by atoms with Gasteiger partial charge in [-0.15, -0.1) is 0 Å². The number of rotatable bonds is 6. The maximum absolute atomic E-state index is 5.87. The molecule has 0 amide bonds. The third kappa shape index (κ3) is 4.34. The Morgan fingerprint density at radius 3 is 2.74 bits per heavy atom. The smallest absolute Gasteiger partial charge is 0.214 e. The van der Waals surface area contributed by atoms with Gasteiger partial charge in [-0.2, -0.15) is 5.10 Å². The lowest BCUT2D eigenvalue weighted by Gasteiger charge is -2.10. The monoisotopic (exact) mass is 346 g/mol. The number of nitrogens with one attached hydrogen (secondary N) is 2. The first kappa shape index (κ1) is 15.6. The number of aromatic nitrogens is 3. The molecule has 0 unspecified atom stereocenters. The third-order valence-electron chi connectivity index (χ3n) is 3.22. The normalized spacial score (nSPS) is 10.5. The third-order valence-corrected chi connectivity index (χ3v) is 3.76. The minimum Gasteiger partial charge on any atom is -0.489 e. The number of ether oxygens (including phenoxy) is 1. The van der Waals surface area contributed by atoms with E-state index in [1.165, 1.54) is 0 Å². The topological polar surface area (TPSA) is 54.9 Å². The van der Waals surface area contributed by atoms with E-state index >= 15 is 0 Å². The van der Waals surface area contributed by atoms with E-state index in [2.05, 4.69) is 15.6 Å². The minimum atomic E-state index is 0.501. The summed E-state index contributed by atoms with van der Waals surface area (Å²) in [5.74, 6) is 0.815. The Morgan fingerprint density at radius 1 is 1.17 bits per heavy atom. The summed E-state index contributed by atoms with van der Waals surface area (Å²) in [5, 5.41) is 7.27. The number of benzene rings is 2. The molecule has 0 fully saturated rings. The van der Waals surface area contributed by atoms with Crippen LogP contribution in [0.15, 0.2) is 54.9 Å². The van der Waals surface area contributed by atoms with Crippen LogP contribution in [0.5, 0.6) is 5.75 Å². The van der Waals surface area contributed by atoms with Crippen LogP contribution in [-0.4, -0.2) is 14.9 Å². The molecule has 0 saturated carbocycles. The van der Waals surface area contributed by atoms with Gasteiger partial charge in [0.15, 0.2) is 0 Å². The van der Waals surface area contributed by atoms with Crippen LogP contribution >= 0.6 is 23.8 Å². The molecule has 0 aliphatic rings. The summed E-state index contributed by atoms with van der Waals surface area (Å²) < 4.78 is 8.01. The molecule has 0 radical (unpaired) electrons. The Hall–Kier alpha value is -2.31. The number of nitrogens with zero attached hydrogens (tertiary/aromatic N) is 2. The van der Waals surface area contributed by atoms with Gasteiger partial charge in [0.1, 0.15) is 18.7 Å². The number of H-pyrrole nitrogens is 1. The number of aromatic amines is 1. The van der Waals surface area contributed by atoms with Crippen molar-refractivity contribution in [1.29, 1.82) is 0 Å². The molecule has 23 heavy (non-hydrogen) atoms. The van der Waals surface area contributed by atoms with Gasteiger partial charge in [0.25, 0.3) is 0 Å². The Labute approximate surface area is 143 Å². The molecule has 7 heteroatoms. The van der Waals surface area contributed by atoms with Crippen molar-refractivity contribution in [2.45, 2.75) is 13.2 Å². The van der Waals surface area contributed by atoms with E-state index in [9.17, 15) is 0 Å². The van der Waals surface area contributed by atoms with Crippen molar-refractivity contribution in [3.8, 4) is 5.75 Å². The molecule has 0 spiro atoms. The summed E-state index contributed by atoms with van der Waals surface area (Å²) in [7, 11) is 0. The highest BCUT2D eigenvalue weighted by molar-refractivity contribution is 7.71. The average Bonchev–Trinajstić information content (AvgIpc) is 2.98. The zero-order chi connectivity index (χ0) is 16.1. The molecule has 5 nitrogen and oxygen atoms in total. The molecular weight excluding hydrogens is 332 g/mol. The summed E-state index contributed by atoms with van der Waals surface area (Å²) in [5.41, 5.74) is 5.32. The first-order valence-electron chi connectivity index (χ1n) is 7.03. The van der Waals surface area contributed by atoms with Crippen molar-refractivity contribution in [3.05, 3.63) is 75.8 Å². The molecule has 0 bridgehead atoms. The summed E-state index contributed by atoms with van der Waals surface area (Å²) >= 11 is 11.0. The highest BCUT2D eigenvalue weighted by atomic mass is 35.5. The van der Waals surface area contributed by atoms with Gasteiger partial charge in [-0.3, -0.25) is 5.10 Å². The van der Waals surface area contributed by atoms with Crippen molar-refractivity contribution < 1.29 is 4.74 Å². The predicted molar refractivity (Wildman–Crippen MR) is 92.7 cm³/mol. The molecule has 3 rings (SSSR count). The first-order valence-corrected chi connectivity index (χ1v) is 7.81. The minimum absolute atomic E-state index is 0.501. The molecule has 0 atom stereocenters. The Kier molecular flexibility index (Phi) is 4.95. The van der Waals surface area contributed by atoms with Crippen LogP contribution in [0.3, 0.4) is 0 Å². The highest BCUT2D eigenvalue weighted by Gasteiger charge is 2.00. The van der Waals surface area contributed by atoms with E-state index in [0.717, 1.165) is 21.9 Å².